The fraction of sp³-hybridized carbons (Fsp3) is 0.182. The Bertz CT molecular complexity index is 885. The maximum absolute atomic E-state index is 10.9. The Morgan fingerprint density at radius 3 is 1.72 bits per heavy atom. The van der Waals surface area contributed by atoms with Gasteiger partial charge < -0.3 is 5.11 Å². The van der Waals surface area contributed by atoms with Gasteiger partial charge in [0.05, 0.1) is 0 Å². The lowest BCUT2D eigenvalue weighted by molar-refractivity contribution is 0.0710. The molecule has 0 fully saturated rings. The standard InChI is InChI=1S/C22H18Cl2O/c1-22(25,21(23)24)19-13-7-6-12-18(19)20-16-10-4-2-8-14(16)15-9-3-5-11-17(15)20/h2-13,20-21,25H,1H3. The summed E-state index contributed by atoms with van der Waals surface area (Å²) in [5.74, 6) is 0.0576. The third-order valence-corrected chi connectivity index (χ3v) is 5.93. The normalized spacial score (nSPS) is 15.7. The van der Waals surface area contributed by atoms with Crippen LogP contribution in [0.1, 0.15) is 35.1 Å². The van der Waals surface area contributed by atoms with E-state index in [1.807, 2.05) is 18.2 Å². The van der Waals surface area contributed by atoms with Crippen molar-refractivity contribution in [2.45, 2.75) is 23.3 Å². The zero-order valence-corrected chi connectivity index (χ0v) is 15.3. The average molecular weight is 369 g/mol. The van der Waals surface area contributed by atoms with Gasteiger partial charge in [-0.15, -0.1) is 23.2 Å². The minimum atomic E-state index is -1.33. The molecule has 0 aromatic heterocycles. The van der Waals surface area contributed by atoms with Gasteiger partial charge >= 0.3 is 0 Å². The molecule has 1 aliphatic carbocycles. The van der Waals surface area contributed by atoms with Crippen LogP contribution in [0.25, 0.3) is 11.1 Å². The summed E-state index contributed by atoms with van der Waals surface area (Å²) < 4.78 is 0. The molecule has 1 unspecified atom stereocenters. The monoisotopic (exact) mass is 368 g/mol. The van der Waals surface area contributed by atoms with E-state index in [0.717, 1.165) is 11.1 Å². The Balaban J connectivity index is 1.98. The maximum atomic E-state index is 10.9. The van der Waals surface area contributed by atoms with Crippen LogP contribution in [0.2, 0.25) is 0 Å². The molecular formula is C22H18Cl2O. The van der Waals surface area contributed by atoms with Gasteiger partial charge in [0, 0.05) is 5.92 Å². The Hall–Kier alpha value is -1.80. The number of aliphatic hydroxyl groups is 1. The molecule has 0 bridgehead atoms. The van der Waals surface area contributed by atoms with Crippen molar-refractivity contribution in [2.75, 3.05) is 0 Å². The molecule has 1 nitrogen and oxygen atoms in total. The molecule has 3 aromatic rings. The van der Waals surface area contributed by atoms with E-state index in [9.17, 15) is 5.11 Å². The molecule has 25 heavy (non-hydrogen) atoms. The fourth-order valence-electron chi connectivity index (χ4n) is 3.82. The number of rotatable bonds is 3. The van der Waals surface area contributed by atoms with E-state index in [1.165, 1.54) is 22.3 Å². The predicted molar refractivity (Wildman–Crippen MR) is 104 cm³/mol. The van der Waals surface area contributed by atoms with E-state index in [1.54, 1.807) is 6.92 Å². The third kappa shape index (κ3) is 2.58. The second-order valence-electron chi connectivity index (χ2n) is 6.64. The van der Waals surface area contributed by atoms with Crippen molar-refractivity contribution in [1.82, 2.24) is 0 Å². The summed E-state index contributed by atoms with van der Waals surface area (Å²) in [6.45, 7) is 1.67. The molecular weight excluding hydrogens is 351 g/mol. The number of benzene rings is 3. The molecule has 0 saturated carbocycles. The molecule has 0 aliphatic heterocycles. The quantitative estimate of drug-likeness (QED) is 0.449. The van der Waals surface area contributed by atoms with Crippen molar-refractivity contribution in [3.63, 3.8) is 0 Å². The topological polar surface area (TPSA) is 20.2 Å². The van der Waals surface area contributed by atoms with Crippen LogP contribution in [0, 0.1) is 0 Å². The minimum absolute atomic E-state index is 0.0576. The largest absolute Gasteiger partial charge is 0.383 e. The Kier molecular flexibility index (Phi) is 4.11. The molecule has 0 heterocycles. The molecule has 4 rings (SSSR count). The molecule has 3 heteroatoms. The van der Waals surface area contributed by atoms with Crippen LogP contribution >= 0.6 is 23.2 Å². The number of halogens is 2. The van der Waals surface area contributed by atoms with Crippen LogP contribution in [0.5, 0.6) is 0 Å². The van der Waals surface area contributed by atoms with Crippen molar-refractivity contribution in [3.05, 3.63) is 95.1 Å². The van der Waals surface area contributed by atoms with Gasteiger partial charge in [-0.1, -0.05) is 72.8 Å². The summed E-state index contributed by atoms with van der Waals surface area (Å²) in [5, 5.41) is 10.9. The fourth-order valence-corrected chi connectivity index (χ4v) is 4.05. The molecule has 1 aliphatic rings. The second-order valence-corrected chi connectivity index (χ2v) is 7.74. The van der Waals surface area contributed by atoms with E-state index in [4.69, 9.17) is 23.2 Å². The predicted octanol–water partition coefficient (Wildman–Crippen LogP) is 5.86. The highest BCUT2D eigenvalue weighted by Crippen LogP contribution is 2.50. The molecule has 1 atom stereocenters. The van der Waals surface area contributed by atoms with Gasteiger partial charge in [-0.05, 0) is 40.3 Å². The van der Waals surface area contributed by atoms with E-state index in [-0.39, 0.29) is 5.92 Å². The first kappa shape index (κ1) is 16.7. The van der Waals surface area contributed by atoms with Crippen molar-refractivity contribution in [1.29, 1.82) is 0 Å². The molecule has 3 aromatic carbocycles. The highest BCUT2D eigenvalue weighted by molar-refractivity contribution is 6.45. The summed E-state index contributed by atoms with van der Waals surface area (Å²) in [4.78, 5) is -0.916. The van der Waals surface area contributed by atoms with Gasteiger partial charge in [0.15, 0.2) is 0 Å². The zero-order chi connectivity index (χ0) is 17.6. The van der Waals surface area contributed by atoms with Crippen LogP contribution in [0.3, 0.4) is 0 Å². The summed E-state index contributed by atoms with van der Waals surface area (Å²) >= 11 is 12.2. The van der Waals surface area contributed by atoms with Crippen LogP contribution in [-0.4, -0.2) is 9.94 Å². The van der Waals surface area contributed by atoms with Gasteiger partial charge in [-0.3, -0.25) is 0 Å². The number of fused-ring (bicyclic) bond motifs is 3. The van der Waals surface area contributed by atoms with Crippen molar-refractivity contribution >= 4 is 23.2 Å². The van der Waals surface area contributed by atoms with Gasteiger partial charge in [0.1, 0.15) is 10.4 Å². The SMILES string of the molecule is CC(O)(c1ccccc1C1c2ccccc2-c2ccccc21)C(Cl)Cl. The van der Waals surface area contributed by atoms with E-state index in [0.29, 0.717) is 0 Å². The average Bonchev–Trinajstić information content (AvgIpc) is 2.96. The van der Waals surface area contributed by atoms with Crippen LogP contribution in [0.15, 0.2) is 72.8 Å². The number of alkyl halides is 2. The molecule has 126 valence electrons. The lowest BCUT2D eigenvalue weighted by atomic mass is 9.82. The summed E-state index contributed by atoms with van der Waals surface area (Å²) in [6, 6.07) is 24.7. The Morgan fingerprint density at radius 2 is 1.20 bits per heavy atom. The van der Waals surface area contributed by atoms with Gasteiger partial charge in [-0.2, -0.15) is 0 Å². The van der Waals surface area contributed by atoms with Crippen LogP contribution in [0.4, 0.5) is 0 Å². The Labute approximate surface area is 157 Å². The Morgan fingerprint density at radius 1 is 0.760 bits per heavy atom. The van der Waals surface area contributed by atoms with Crippen molar-refractivity contribution < 1.29 is 5.11 Å². The zero-order valence-electron chi connectivity index (χ0n) is 13.8. The first-order valence-corrected chi connectivity index (χ1v) is 9.17. The molecule has 1 N–H and O–H groups in total. The summed E-state index contributed by atoms with van der Waals surface area (Å²) in [5.41, 5.74) is 5.45. The highest BCUT2D eigenvalue weighted by Gasteiger charge is 2.37. The van der Waals surface area contributed by atoms with E-state index >= 15 is 0 Å². The lowest BCUT2D eigenvalue weighted by Gasteiger charge is -2.30. The van der Waals surface area contributed by atoms with Gasteiger partial charge in [0.25, 0.3) is 0 Å². The van der Waals surface area contributed by atoms with Crippen LogP contribution < -0.4 is 0 Å². The minimum Gasteiger partial charge on any atom is -0.383 e. The molecule has 0 amide bonds. The second kappa shape index (κ2) is 6.17. The maximum Gasteiger partial charge on any atom is 0.140 e. The van der Waals surface area contributed by atoms with Crippen molar-refractivity contribution in [2.24, 2.45) is 0 Å². The van der Waals surface area contributed by atoms with Gasteiger partial charge in [-0.25, -0.2) is 0 Å². The summed E-state index contributed by atoms with van der Waals surface area (Å²) in [7, 11) is 0. The molecule has 0 spiro atoms. The van der Waals surface area contributed by atoms with Gasteiger partial charge in [0.2, 0.25) is 0 Å². The first-order chi connectivity index (χ1) is 12.0. The number of hydrogen-bond acceptors (Lipinski definition) is 1. The van der Waals surface area contributed by atoms with E-state index < -0.39 is 10.4 Å². The van der Waals surface area contributed by atoms with E-state index in [2.05, 4.69) is 54.6 Å². The van der Waals surface area contributed by atoms with Crippen molar-refractivity contribution in [3.8, 4) is 11.1 Å². The van der Waals surface area contributed by atoms with Crippen LogP contribution in [-0.2, 0) is 5.60 Å². The lowest BCUT2D eigenvalue weighted by Crippen LogP contribution is -2.30. The first-order valence-electron chi connectivity index (χ1n) is 8.30. The number of hydrogen-bond donors (Lipinski definition) is 1. The third-order valence-electron chi connectivity index (χ3n) is 5.08. The highest BCUT2D eigenvalue weighted by atomic mass is 35.5. The molecule has 0 saturated heterocycles. The smallest absolute Gasteiger partial charge is 0.140 e. The molecule has 0 radical (unpaired) electrons. The summed E-state index contributed by atoms with van der Waals surface area (Å²) in [6.07, 6.45) is 0.